The van der Waals surface area contributed by atoms with Gasteiger partial charge >= 0.3 is 0 Å². The van der Waals surface area contributed by atoms with Crippen LogP contribution in [0.5, 0.6) is 0 Å². The number of hydrogen-bond donors (Lipinski definition) is 2. The minimum Gasteiger partial charge on any atom is -0.397 e. The third-order valence-corrected chi connectivity index (χ3v) is 5.67. The molecule has 5 heteroatoms. The summed E-state index contributed by atoms with van der Waals surface area (Å²) in [5, 5.41) is 2.98. The Morgan fingerprint density at radius 3 is 2.54 bits per heavy atom. The van der Waals surface area contributed by atoms with Gasteiger partial charge in [-0.05, 0) is 75.9 Å². The number of nitrogen functional groups attached to an aromatic ring is 1. The maximum absolute atomic E-state index is 12.6. The maximum Gasteiger partial charge on any atom is 0.255 e. The number of rotatable bonds is 3. The van der Waals surface area contributed by atoms with Crippen LogP contribution in [0.4, 0.5) is 17.1 Å². The number of nitrogens with two attached hydrogens (primary N) is 1. The fraction of sp³-hybridized carbons (Fsp3) is 0.381. The Morgan fingerprint density at radius 2 is 1.88 bits per heavy atom. The molecule has 0 radical (unpaired) electrons. The molecule has 0 bridgehead atoms. The summed E-state index contributed by atoms with van der Waals surface area (Å²) in [7, 11) is 0. The molecule has 1 fully saturated rings. The van der Waals surface area contributed by atoms with E-state index in [4.69, 9.17) is 5.73 Å². The third kappa shape index (κ3) is 3.88. The molecule has 4 nitrogen and oxygen atoms in total. The first kappa shape index (κ1) is 18.8. The Bertz CT molecular complexity index is 811. The minimum absolute atomic E-state index is 0.160. The first-order valence-electron chi connectivity index (χ1n) is 9.12. The first-order chi connectivity index (χ1) is 12.4. The summed E-state index contributed by atoms with van der Waals surface area (Å²) < 4.78 is 0.874. The number of anilines is 3. The van der Waals surface area contributed by atoms with Crippen molar-refractivity contribution in [2.75, 3.05) is 16.0 Å². The van der Waals surface area contributed by atoms with E-state index in [0.29, 0.717) is 29.0 Å². The SMILES string of the molecule is Cc1cc(N)c(NC(=O)c2cccc(Br)c2)cc1N1[C@H](C)CCC[C@@H]1C. The van der Waals surface area contributed by atoms with E-state index in [2.05, 4.69) is 46.9 Å². The van der Waals surface area contributed by atoms with Gasteiger partial charge in [0.25, 0.3) is 5.91 Å². The van der Waals surface area contributed by atoms with E-state index in [1.807, 2.05) is 24.3 Å². The van der Waals surface area contributed by atoms with Gasteiger partial charge in [-0.25, -0.2) is 0 Å². The summed E-state index contributed by atoms with van der Waals surface area (Å²) in [5.74, 6) is -0.160. The standard InChI is InChI=1S/C21H26BrN3O/c1-13-10-18(23)19(24-21(26)16-8-5-9-17(22)11-16)12-20(13)25-14(2)6-4-7-15(25)3/h5,8-12,14-15H,4,6-7,23H2,1-3H3,(H,24,26)/t14-,15+. The zero-order valence-corrected chi connectivity index (χ0v) is 17.1. The Balaban J connectivity index is 1.92. The highest BCUT2D eigenvalue weighted by Crippen LogP contribution is 2.36. The number of amides is 1. The van der Waals surface area contributed by atoms with E-state index in [1.165, 1.54) is 19.3 Å². The molecule has 1 amide bonds. The normalized spacial score (nSPS) is 20.1. The predicted molar refractivity (Wildman–Crippen MR) is 113 cm³/mol. The highest BCUT2D eigenvalue weighted by atomic mass is 79.9. The summed E-state index contributed by atoms with van der Waals surface area (Å²) in [6, 6.07) is 12.3. The molecule has 138 valence electrons. The smallest absolute Gasteiger partial charge is 0.255 e. The number of nitrogens with zero attached hydrogens (tertiary/aromatic N) is 1. The summed E-state index contributed by atoms with van der Waals surface area (Å²) in [6.07, 6.45) is 3.64. The number of nitrogens with one attached hydrogen (secondary N) is 1. The largest absolute Gasteiger partial charge is 0.397 e. The van der Waals surface area contributed by atoms with E-state index >= 15 is 0 Å². The average molecular weight is 416 g/mol. The van der Waals surface area contributed by atoms with Crippen LogP contribution in [0.3, 0.4) is 0 Å². The number of benzene rings is 2. The molecule has 0 aromatic heterocycles. The molecule has 26 heavy (non-hydrogen) atoms. The quantitative estimate of drug-likeness (QED) is 0.663. The number of hydrogen-bond acceptors (Lipinski definition) is 3. The molecule has 2 aromatic rings. The Hall–Kier alpha value is -2.01. The Morgan fingerprint density at radius 1 is 1.19 bits per heavy atom. The minimum atomic E-state index is -0.160. The van der Waals surface area contributed by atoms with Gasteiger partial charge < -0.3 is 16.0 Å². The van der Waals surface area contributed by atoms with Gasteiger partial charge in [0.15, 0.2) is 0 Å². The molecule has 0 unspecified atom stereocenters. The zero-order valence-electron chi connectivity index (χ0n) is 15.6. The van der Waals surface area contributed by atoms with Crippen LogP contribution in [-0.4, -0.2) is 18.0 Å². The van der Waals surface area contributed by atoms with Crippen LogP contribution in [0.2, 0.25) is 0 Å². The van der Waals surface area contributed by atoms with Gasteiger partial charge in [-0.15, -0.1) is 0 Å². The summed E-state index contributed by atoms with van der Waals surface area (Å²) in [4.78, 5) is 15.1. The number of aryl methyl sites for hydroxylation is 1. The van der Waals surface area contributed by atoms with E-state index in [-0.39, 0.29) is 5.91 Å². The first-order valence-corrected chi connectivity index (χ1v) is 9.91. The van der Waals surface area contributed by atoms with Gasteiger partial charge in [0.2, 0.25) is 0 Å². The van der Waals surface area contributed by atoms with Crippen LogP contribution >= 0.6 is 15.9 Å². The molecule has 2 atom stereocenters. The van der Waals surface area contributed by atoms with E-state index < -0.39 is 0 Å². The van der Waals surface area contributed by atoms with Gasteiger partial charge in [0, 0.05) is 27.8 Å². The molecule has 1 aliphatic heterocycles. The van der Waals surface area contributed by atoms with Crippen molar-refractivity contribution in [3.8, 4) is 0 Å². The molecular formula is C21H26BrN3O. The second-order valence-electron chi connectivity index (χ2n) is 7.23. The highest BCUT2D eigenvalue weighted by Gasteiger charge is 2.26. The van der Waals surface area contributed by atoms with Crippen LogP contribution in [0, 0.1) is 6.92 Å². The van der Waals surface area contributed by atoms with Crippen molar-refractivity contribution >= 4 is 38.9 Å². The fourth-order valence-corrected chi connectivity index (χ4v) is 4.22. The lowest BCUT2D eigenvalue weighted by Gasteiger charge is -2.42. The van der Waals surface area contributed by atoms with Crippen molar-refractivity contribution in [3.63, 3.8) is 0 Å². The van der Waals surface area contributed by atoms with Crippen molar-refractivity contribution in [1.82, 2.24) is 0 Å². The molecular weight excluding hydrogens is 390 g/mol. The Labute approximate surface area is 163 Å². The lowest BCUT2D eigenvalue weighted by atomic mass is 9.95. The van der Waals surface area contributed by atoms with E-state index in [9.17, 15) is 4.79 Å². The third-order valence-electron chi connectivity index (χ3n) is 5.17. The number of carbonyl (C=O) groups excluding carboxylic acids is 1. The topological polar surface area (TPSA) is 58.4 Å². The molecule has 0 aliphatic carbocycles. The van der Waals surface area contributed by atoms with Crippen molar-refractivity contribution in [1.29, 1.82) is 0 Å². The number of carbonyl (C=O) groups is 1. The van der Waals surface area contributed by atoms with Gasteiger partial charge in [-0.2, -0.15) is 0 Å². The van der Waals surface area contributed by atoms with E-state index in [1.54, 1.807) is 12.1 Å². The maximum atomic E-state index is 12.6. The number of piperidine rings is 1. The molecule has 3 N–H and O–H groups in total. The second-order valence-corrected chi connectivity index (χ2v) is 8.14. The zero-order chi connectivity index (χ0) is 18.8. The lowest BCUT2D eigenvalue weighted by Crippen LogP contribution is -2.44. The Kier molecular flexibility index (Phi) is 5.56. The molecule has 0 saturated carbocycles. The van der Waals surface area contributed by atoms with Crippen LogP contribution in [0.15, 0.2) is 40.9 Å². The molecule has 1 saturated heterocycles. The lowest BCUT2D eigenvalue weighted by molar-refractivity contribution is 0.102. The predicted octanol–water partition coefficient (Wildman–Crippen LogP) is 5.36. The van der Waals surface area contributed by atoms with Crippen molar-refractivity contribution in [3.05, 3.63) is 52.0 Å². The number of halogens is 1. The molecule has 2 aromatic carbocycles. The summed E-state index contributed by atoms with van der Waals surface area (Å²) in [5.41, 5.74) is 10.4. The highest BCUT2D eigenvalue weighted by molar-refractivity contribution is 9.10. The van der Waals surface area contributed by atoms with Crippen LogP contribution < -0.4 is 16.0 Å². The monoisotopic (exact) mass is 415 g/mol. The van der Waals surface area contributed by atoms with Gasteiger partial charge in [0.05, 0.1) is 11.4 Å². The van der Waals surface area contributed by atoms with Crippen LogP contribution in [-0.2, 0) is 0 Å². The van der Waals surface area contributed by atoms with Crippen LogP contribution in [0.1, 0.15) is 49.0 Å². The fourth-order valence-electron chi connectivity index (χ4n) is 3.83. The molecule has 0 spiro atoms. The summed E-state index contributed by atoms with van der Waals surface area (Å²) >= 11 is 3.41. The summed E-state index contributed by atoms with van der Waals surface area (Å²) in [6.45, 7) is 6.62. The van der Waals surface area contributed by atoms with Crippen molar-refractivity contribution in [2.45, 2.75) is 52.1 Å². The average Bonchev–Trinajstić information content (AvgIpc) is 2.58. The van der Waals surface area contributed by atoms with Crippen LogP contribution in [0.25, 0.3) is 0 Å². The molecule has 1 heterocycles. The molecule has 1 aliphatic rings. The van der Waals surface area contributed by atoms with E-state index in [0.717, 1.165) is 15.7 Å². The molecule has 3 rings (SSSR count). The van der Waals surface area contributed by atoms with Gasteiger partial charge in [-0.1, -0.05) is 22.0 Å². The van der Waals surface area contributed by atoms with Gasteiger partial charge in [0.1, 0.15) is 0 Å². The van der Waals surface area contributed by atoms with Crippen molar-refractivity contribution in [2.24, 2.45) is 0 Å². The van der Waals surface area contributed by atoms with Gasteiger partial charge in [-0.3, -0.25) is 4.79 Å². The van der Waals surface area contributed by atoms with Crippen molar-refractivity contribution < 1.29 is 4.79 Å². The second kappa shape index (κ2) is 7.70.